The van der Waals surface area contributed by atoms with Gasteiger partial charge in [0, 0.05) is 5.39 Å². The van der Waals surface area contributed by atoms with Crippen molar-refractivity contribution in [2.24, 2.45) is 0 Å². The van der Waals surface area contributed by atoms with Gasteiger partial charge in [-0.25, -0.2) is 0 Å². The van der Waals surface area contributed by atoms with E-state index in [9.17, 15) is 9.59 Å². The molecule has 2 aromatic heterocycles. The van der Waals surface area contributed by atoms with Crippen LogP contribution < -0.4 is 10.6 Å². The number of nitrogens with one attached hydrogen (secondary N) is 3. The van der Waals surface area contributed by atoms with E-state index in [0.29, 0.717) is 10.5 Å². The predicted octanol–water partition coefficient (Wildman–Crippen LogP) is 1.73. The first-order chi connectivity index (χ1) is 11.6. The summed E-state index contributed by atoms with van der Waals surface area (Å²) < 4.78 is 0. The number of carbonyl (C=O) groups excluding carboxylic acids is 2. The second kappa shape index (κ2) is 6.75. The van der Waals surface area contributed by atoms with Crippen LogP contribution >= 0.6 is 11.3 Å². The molecule has 3 rings (SSSR count). The van der Waals surface area contributed by atoms with Gasteiger partial charge in [0.25, 0.3) is 5.91 Å². The van der Waals surface area contributed by atoms with Crippen LogP contribution in [0, 0.1) is 0 Å². The van der Waals surface area contributed by atoms with E-state index in [4.69, 9.17) is 0 Å². The number of aryl methyl sites for hydroxylation is 1. The van der Waals surface area contributed by atoms with Crippen LogP contribution in [0.15, 0.2) is 24.3 Å². The van der Waals surface area contributed by atoms with Gasteiger partial charge in [0.05, 0.1) is 5.52 Å². The lowest BCUT2D eigenvalue weighted by Crippen LogP contribution is -2.41. The Morgan fingerprint density at radius 2 is 2.08 bits per heavy atom. The Morgan fingerprint density at radius 1 is 1.29 bits per heavy atom. The SMILES string of the molecule is CCc1nnc(NC(=O)[C@@H](C)NC(=O)c2n[nH]c3ccccc23)s1. The average molecular weight is 344 g/mol. The molecule has 0 radical (unpaired) electrons. The number of anilines is 1. The van der Waals surface area contributed by atoms with E-state index in [-0.39, 0.29) is 11.6 Å². The number of rotatable bonds is 5. The van der Waals surface area contributed by atoms with Crippen LogP contribution in [0.25, 0.3) is 10.9 Å². The van der Waals surface area contributed by atoms with E-state index in [1.165, 1.54) is 11.3 Å². The smallest absolute Gasteiger partial charge is 0.273 e. The Labute approximate surface area is 141 Å². The molecule has 3 N–H and O–H groups in total. The summed E-state index contributed by atoms with van der Waals surface area (Å²) in [6.07, 6.45) is 0.756. The maximum atomic E-state index is 12.3. The Hall–Kier alpha value is -2.81. The molecule has 0 spiro atoms. The molecule has 0 saturated heterocycles. The summed E-state index contributed by atoms with van der Waals surface area (Å²) in [5, 5.41) is 21.9. The number of benzene rings is 1. The lowest BCUT2D eigenvalue weighted by molar-refractivity contribution is -0.117. The van der Waals surface area contributed by atoms with Crippen molar-refractivity contribution in [2.75, 3.05) is 5.32 Å². The fourth-order valence-corrected chi connectivity index (χ4v) is 2.81. The number of aromatic nitrogens is 4. The van der Waals surface area contributed by atoms with Crippen LogP contribution in [0.3, 0.4) is 0 Å². The Bertz CT molecular complexity index is 887. The normalized spacial score (nSPS) is 12.1. The molecule has 24 heavy (non-hydrogen) atoms. The number of amides is 2. The van der Waals surface area contributed by atoms with Gasteiger partial charge in [0.15, 0.2) is 5.69 Å². The van der Waals surface area contributed by atoms with E-state index < -0.39 is 11.9 Å². The van der Waals surface area contributed by atoms with Crippen molar-refractivity contribution >= 4 is 39.2 Å². The van der Waals surface area contributed by atoms with Gasteiger partial charge in [-0.15, -0.1) is 10.2 Å². The molecule has 1 aromatic carbocycles. The minimum Gasteiger partial charge on any atom is -0.339 e. The molecule has 0 unspecified atom stereocenters. The van der Waals surface area contributed by atoms with E-state index >= 15 is 0 Å². The van der Waals surface area contributed by atoms with E-state index in [0.717, 1.165) is 16.9 Å². The largest absolute Gasteiger partial charge is 0.339 e. The average Bonchev–Trinajstić information content (AvgIpc) is 3.21. The van der Waals surface area contributed by atoms with Gasteiger partial charge in [0.1, 0.15) is 11.0 Å². The number of hydrogen-bond acceptors (Lipinski definition) is 6. The highest BCUT2D eigenvalue weighted by Gasteiger charge is 2.21. The zero-order valence-corrected chi connectivity index (χ0v) is 14.0. The summed E-state index contributed by atoms with van der Waals surface area (Å²) in [4.78, 5) is 24.5. The maximum Gasteiger partial charge on any atom is 0.273 e. The number of carbonyl (C=O) groups is 2. The lowest BCUT2D eigenvalue weighted by Gasteiger charge is -2.11. The number of H-pyrrole nitrogens is 1. The molecule has 3 aromatic rings. The van der Waals surface area contributed by atoms with Crippen LogP contribution in [-0.4, -0.2) is 38.3 Å². The fourth-order valence-electron chi connectivity index (χ4n) is 2.13. The standard InChI is InChI=1S/C15H16N6O2S/c1-3-11-19-21-15(24-11)17-13(22)8(2)16-14(23)12-9-6-4-5-7-10(9)18-20-12/h4-8H,3H2,1-2H3,(H,16,23)(H,18,20)(H,17,21,22)/t8-/m1/s1. The lowest BCUT2D eigenvalue weighted by atomic mass is 10.2. The number of fused-ring (bicyclic) bond motifs is 1. The number of hydrogen-bond donors (Lipinski definition) is 3. The molecule has 124 valence electrons. The highest BCUT2D eigenvalue weighted by molar-refractivity contribution is 7.15. The van der Waals surface area contributed by atoms with Crippen LogP contribution in [0.4, 0.5) is 5.13 Å². The van der Waals surface area contributed by atoms with Crippen LogP contribution in [0.2, 0.25) is 0 Å². The highest BCUT2D eigenvalue weighted by atomic mass is 32.1. The first-order valence-corrected chi connectivity index (χ1v) is 8.27. The van der Waals surface area contributed by atoms with Crippen molar-refractivity contribution in [1.29, 1.82) is 0 Å². The molecule has 0 aliphatic heterocycles. The summed E-state index contributed by atoms with van der Waals surface area (Å²) in [5.41, 5.74) is 1.02. The van der Waals surface area contributed by atoms with Crippen LogP contribution in [-0.2, 0) is 11.2 Å². The quantitative estimate of drug-likeness (QED) is 0.652. The molecular formula is C15H16N6O2S. The van der Waals surface area contributed by atoms with Gasteiger partial charge in [0.2, 0.25) is 11.0 Å². The Morgan fingerprint density at radius 3 is 2.83 bits per heavy atom. The van der Waals surface area contributed by atoms with E-state index in [1.807, 2.05) is 25.1 Å². The number of nitrogens with zero attached hydrogens (tertiary/aromatic N) is 3. The first kappa shape index (κ1) is 16.1. The van der Waals surface area contributed by atoms with E-state index in [1.54, 1.807) is 13.0 Å². The number of aromatic amines is 1. The van der Waals surface area contributed by atoms with Crippen LogP contribution in [0.1, 0.15) is 29.3 Å². The topological polar surface area (TPSA) is 113 Å². The first-order valence-electron chi connectivity index (χ1n) is 7.45. The van der Waals surface area contributed by atoms with Crippen molar-refractivity contribution in [3.63, 3.8) is 0 Å². The van der Waals surface area contributed by atoms with Gasteiger partial charge in [-0.1, -0.05) is 36.5 Å². The van der Waals surface area contributed by atoms with Gasteiger partial charge in [-0.2, -0.15) is 5.10 Å². The minimum absolute atomic E-state index is 0.259. The van der Waals surface area contributed by atoms with Crippen molar-refractivity contribution in [3.05, 3.63) is 35.0 Å². The summed E-state index contributed by atoms with van der Waals surface area (Å²) in [5.74, 6) is -0.774. The van der Waals surface area contributed by atoms with Crippen molar-refractivity contribution in [1.82, 2.24) is 25.7 Å². The number of para-hydroxylation sites is 1. The summed E-state index contributed by atoms with van der Waals surface area (Å²) in [6, 6.07) is 6.57. The molecule has 9 heteroatoms. The summed E-state index contributed by atoms with van der Waals surface area (Å²) in [7, 11) is 0. The van der Waals surface area contributed by atoms with Crippen LogP contribution in [0.5, 0.6) is 0 Å². The zero-order chi connectivity index (χ0) is 17.1. The molecule has 2 heterocycles. The van der Waals surface area contributed by atoms with E-state index in [2.05, 4.69) is 31.0 Å². The van der Waals surface area contributed by atoms with Crippen molar-refractivity contribution in [2.45, 2.75) is 26.3 Å². The third kappa shape index (κ3) is 3.25. The molecular weight excluding hydrogens is 328 g/mol. The molecule has 0 aliphatic carbocycles. The molecule has 2 amide bonds. The molecule has 0 fully saturated rings. The predicted molar refractivity (Wildman–Crippen MR) is 90.9 cm³/mol. The van der Waals surface area contributed by atoms with Gasteiger partial charge >= 0.3 is 0 Å². The van der Waals surface area contributed by atoms with Gasteiger partial charge < -0.3 is 5.32 Å². The molecule has 0 bridgehead atoms. The Balaban J connectivity index is 1.66. The summed E-state index contributed by atoms with van der Waals surface area (Å²) in [6.45, 7) is 3.56. The molecule has 0 aliphatic rings. The summed E-state index contributed by atoms with van der Waals surface area (Å²) >= 11 is 1.31. The fraction of sp³-hybridized carbons (Fsp3) is 0.267. The highest BCUT2D eigenvalue weighted by Crippen LogP contribution is 2.16. The Kier molecular flexibility index (Phi) is 4.52. The molecule has 0 saturated carbocycles. The molecule has 1 atom stereocenters. The minimum atomic E-state index is -0.734. The van der Waals surface area contributed by atoms with Gasteiger partial charge in [-0.3, -0.25) is 20.0 Å². The monoisotopic (exact) mass is 344 g/mol. The van der Waals surface area contributed by atoms with Crippen molar-refractivity contribution < 1.29 is 9.59 Å². The zero-order valence-electron chi connectivity index (χ0n) is 13.2. The molecule has 8 nitrogen and oxygen atoms in total. The second-order valence-electron chi connectivity index (χ2n) is 5.16. The second-order valence-corrected chi connectivity index (χ2v) is 6.22. The maximum absolute atomic E-state index is 12.3. The van der Waals surface area contributed by atoms with Gasteiger partial charge in [-0.05, 0) is 19.4 Å². The van der Waals surface area contributed by atoms with Crippen molar-refractivity contribution in [3.8, 4) is 0 Å². The third-order valence-electron chi connectivity index (χ3n) is 3.43. The third-order valence-corrected chi connectivity index (χ3v) is 4.41.